The highest BCUT2D eigenvalue weighted by atomic mass is 16.5. The number of hydrogen-bond acceptors (Lipinski definition) is 4. The summed E-state index contributed by atoms with van der Waals surface area (Å²) in [7, 11) is 1.41. The SMILES string of the molecule is COC(=O)CCn1cc(Cc2cccnc2)c2cc(N)ccc21. The standard InChI is InChI=1S/C18H19N3O2/c1-23-18(22)6-8-21-12-14(9-13-3-2-7-20-11-13)16-10-15(19)4-5-17(16)21/h2-5,7,10-12H,6,8-9,19H2,1H3. The Morgan fingerprint density at radius 1 is 1.35 bits per heavy atom. The summed E-state index contributed by atoms with van der Waals surface area (Å²) in [4.78, 5) is 15.6. The number of carbonyl (C=O) groups is 1. The zero-order chi connectivity index (χ0) is 16.2. The number of aryl methyl sites for hydroxylation is 1. The highest BCUT2D eigenvalue weighted by molar-refractivity contribution is 5.87. The van der Waals surface area contributed by atoms with E-state index in [0.29, 0.717) is 13.0 Å². The molecule has 3 rings (SSSR count). The predicted molar refractivity (Wildman–Crippen MR) is 90.0 cm³/mol. The topological polar surface area (TPSA) is 70.1 Å². The molecular weight excluding hydrogens is 290 g/mol. The monoisotopic (exact) mass is 309 g/mol. The number of benzene rings is 1. The van der Waals surface area contributed by atoms with Crippen LogP contribution in [0.5, 0.6) is 0 Å². The molecule has 118 valence electrons. The molecule has 23 heavy (non-hydrogen) atoms. The van der Waals surface area contributed by atoms with Crippen LogP contribution in [0.25, 0.3) is 10.9 Å². The third kappa shape index (κ3) is 3.34. The summed E-state index contributed by atoms with van der Waals surface area (Å²) in [5.74, 6) is -0.212. The molecule has 0 aliphatic carbocycles. The Kier molecular flexibility index (Phi) is 4.28. The Balaban J connectivity index is 1.96. The lowest BCUT2D eigenvalue weighted by Gasteiger charge is -2.04. The number of rotatable bonds is 5. The minimum absolute atomic E-state index is 0.212. The van der Waals surface area contributed by atoms with Crippen LogP contribution in [0, 0.1) is 0 Å². The second-order valence-corrected chi connectivity index (χ2v) is 5.49. The van der Waals surface area contributed by atoms with Gasteiger partial charge in [-0.1, -0.05) is 6.07 Å². The van der Waals surface area contributed by atoms with Crippen LogP contribution in [0.2, 0.25) is 0 Å². The van der Waals surface area contributed by atoms with E-state index in [9.17, 15) is 4.79 Å². The Labute approximate surface area is 134 Å². The fraction of sp³-hybridized carbons (Fsp3) is 0.222. The number of carbonyl (C=O) groups excluding carboxylic acids is 1. The summed E-state index contributed by atoms with van der Waals surface area (Å²) < 4.78 is 6.81. The van der Waals surface area contributed by atoms with Crippen LogP contribution < -0.4 is 5.73 Å². The largest absolute Gasteiger partial charge is 0.469 e. The predicted octanol–water partition coefficient (Wildman–Crippen LogP) is 2.77. The minimum Gasteiger partial charge on any atom is -0.469 e. The number of ether oxygens (including phenoxy) is 1. The van der Waals surface area contributed by atoms with Gasteiger partial charge in [0.25, 0.3) is 0 Å². The van der Waals surface area contributed by atoms with Crippen LogP contribution >= 0.6 is 0 Å². The average Bonchev–Trinajstić information content (AvgIpc) is 2.90. The van der Waals surface area contributed by atoms with Crippen LogP contribution in [-0.4, -0.2) is 22.6 Å². The average molecular weight is 309 g/mol. The molecule has 1 aromatic carbocycles. The number of esters is 1. The Hall–Kier alpha value is -2.82. The first-order valence-corrected chi connectivity index (χ1v) is 7.50. The third-order valence-electron chi connectivity index (χ3n) is 3.89. The van der Waals surface area contributed by atoms with Crippen molar-refractivity contribution in [1.29, 1.82) is 0 Å². The molecule has 0 spiro atoms. The molecule has 0 aliphatic rings. The van der Waals surface area contributed by atoms with E-state index < -0.39 is 0 Å². The third-order valence-corrected chi connectivity index (χ3v) is 3.89. The molecule has 0 saturated carbocycles. The molecule has 0 saturated heterocycles. The van der Waals surface area contributed by atoms with Gasteiger partial charge in [-0.3, -0.25) is 9.78 Å². The van der Waals surface area contributed by atoms with E-state index in [1.54, 1.807) is 6.20 Å². The van der Waals surface area contributed by atoms with Crippen LogP contribution in [0.4, 0.5) is 5.69 Å². The number of nitrogen functional groups attached to an aromatic ring is 1. The van der Waals surface area contributed by atoms with E-state index in [1.165, 1.54) is 12.7 Å². The fourth-order valence-electron chi connectivity index (χ4n) is 2.75. The van der Waals surface area contributed by atoms with Crippen molar-refractivity contribution in [2.75, 3.05) is 12.8 Å². The van der Waals surface area contributed by atoms with E-state index in [4.69, 9.17) is 10.5 Å². The second-order valence-electron chi connectivity index (χ2n) is 5.49. The van der Waals surface area contributed by atoms with Crippen molar-refractivity contribution in [3.05, 3.63) is 60.0 Å². The van der Waals surface area contributed by atoms with Crippen molar-refractivity contribution < 1.29 is 9.53 Å². The number of aromatic nitrogens is 2. The summed E-state index contributed by atoms with van der Waals surface area (Å²) in [6, 6.07) is 9.84. The van der Waals surface area contributed by atoms with Gasteiger partial charge in [-0.2, -0.15) is 0 Å². The van der Waals surface area contributed by atoms with Crippen molar-refractivity contribution in [1.82, 2.24) is 9.55 Å². The van der Waals surface area contributed by atoms with Gasteiger partial charge in [0.1, 0.15) is 0 Å². The minimum atomic E-state index is -0.212. The van der Waals surface area contributed by atoms with Crippen LogP contribution in [-0.2, 0) is 22.5 Å². The van der Waals surface area contributed by atoms with Crippen molar-refractivity contribution in [2.45, 2.75) is 19.4 Å². The van der Waals surface area contributed by atoms with Crippen molar-refractivity contribution in [3.63, 3.8) is 0 Å². The number of nitrogens with zero attached hydrogens (tertiary/aromatic N) is 2. The van der Waals surface area contributed by atoms with Gasteiger partial charge in [0.2, 0.25) is 0 Å². The Bertz CT molecular complexity index is 825. The van der Waals surface area contributed by atoms with E-state index in [1.807, 2.05) is 30.5 Å². The lowest BCUT2D eigenvalue weighted by atomic mass is 10.1. The molecule has 0 radical (unpaired) electrons. The zero-order valence-corrected chi connectivity index (χ0v) is 13.0. The van der Waals surface area contributed by atoms with E-state index in [2.05, 4.69) is 21.8 Å². The highest BCUT2D eigenvalue weighted by Crippen LogP contribution is 2.26. The van der Waals surface area contributed by atoms with Gasteiger partial charge in [0, 0.05) is 48.1 Å². The van der Waals surface area contributed by atoms with Gasteiger partial charge >= 0.3 is 5.97 Å². The summed E-state index contributed by atoms with van der Waals surface area (Å²) >= 11 is 0. The van der Waals surface area contributed by atoms with E-state index >= 15 is 0 Å². The number of methoxy groups -OCH3 is 1. The molecule has 3 aromatic rings. The molecule has 2 heterocycles. The number of nitrogens with two attached hydrogens (primary N) is 1. The molecule has 0 fully saturated rings. The van der Waals surface area contributed by atoms with Gasteiger partial charge in [-0.05, 0) is 35.4 Å². The Morgan fingerprint density at radius 2 is 2.22 bits per heavy atom. The maximum Gasteiger partial charge on any atom is 0.307 e. The molecule has 5 nitrogen and oxygen atoms in total. The zero-order valence-electron chi connectivity index (χ0n) is 13.0. The molecule has 5 heteroatoms. The Morgan fingerprint density at radius 3 is 2.96 bits per heavy atom. The van der Waals surface area contributed by atoms with E-state index in [0.717, 1.165) is 28.6 Å². The van der Waals surface area contributed by atoms with E-state index in [-0.39, 0.29) is 5.97 Å². The van der Waals surface area contributed by atoms with Crippen molar-refractivity contribution in [3.8, 4) is 0 Å². The van der Waals surface area contributed by atoms with Crippen LogP contribution in [0.1, 0.15) is 17.5 Å². The van der Waals surface area contributed by atoms with Gasteiger partial charge in [-0.15, -0.1) is 0 Å². The first-order chi connectivity index (χ1) is 11.2. The number of fused-ring (bicyclic) bond motifs is 1. The molecule has 0 aliphatic heterocycles. The van der Waals surface area contributed by atoms with Gasteiger partial charge in [0.15, 0.2) is 0 Å². The maximum absolute atomic E-state index is 11.4. The maximum atomic E-state index is 11.4. The summed E-state index contributed by atoms with van der Waals surface area (Å²) in [5.41, 5.74) is 10.1. The van der Waals surface area contributed by atoms with Crippen LogP contribution in [0.15, 0.2) is 48.9 Å². The molecule has 0 atom stereocenters. The summed E-state index contributed by atoms with van der Waals surface area (Å²) in [5, 5.41) is 1.11. The fourth-order valence-corrected chi connectivity index (χ4v) is 2.75. The van der Waals surface area contributed by atoms with Crippen LogP contribution in [0.3, 0.4) is 0 Å². The lowest BCUT2D eigenvalue weighted by Crippen LogP contribution is -2.06. The van der Waals surface area contributed by atoms with Gasteiger partial charge in [0.05, 0.1) is 13.5 Å². The number of anilines is 1. The molecule has 0 amide bonds. The molecule has 2 aromatic heterocycles. The summed E-state index contributed by atoms with van der Waals surface area (Å²) in [6.07, 6.45) is 6.83. The second kappa shape index (κ2) is 6.52. The van der Waals surface area contributed by atoms with Gasteiger partial charge < -0.3 is 15.0 Å². The van der Waals surface area contributed by atoms with Crippen molar-refractivity contribution in [2.24, 2.45) is 0 Å². The lowest BCUT2D eigenvalue weighted by molar-refractivity contribution is -0.140. The molecule has 2 N–H and O–H groups in total. The first kappa shape index (κ1) is 15.1. The van der Waals surface area contributed by atoms with Gasteiger partial charge in [-0.25, -0.2) is 0 Å². The van der Waals surface area contributed by atoms with Crippen molar-refractivity contribution >= 4 is 22.6 Å². The first-order valence-electron chi connectivity index (χ1n) is 7.50. The molecule has 0 unspecified atom stereocenters. The quantitative estimate of drug-likeness (QED) is 0.581. The molecule has 0 bridgehead atoms. The number of pyridine rings is 1. The highest BCUT2D eigenvalue weighted by Gasteiger charge is 2.11. The summed E-state index contributed by atoms with van der Waals surface area (Å²) in [6.45, 7) is 0.583. The smallest absolute Gasteiger partial charge is 0.307 e. The number of hydrogen-bond donors (Lipinski definition) is 1. The normalized spacial score (nSPS) is 10.8. The molecular formula is C18H19N3O2.